The van der Waals surface area contributed by atoms with E-state index in [1.807, 2.05) is 12.3 Å². The number of hydrogen-bond acceptors (Lipinski definition) is 4. The maximum Gasteiger partial charge on any atom is 0.241 e. The highest BCUT2D eigenvalue weighted by molar-refractivity contribution is 7.89. The summed E-state index contributed by atoms with van der Waals surface area (Å²) in [5.74, 6) is 0. The fourth-order valence-corrected chi connectivity index (χ4v) is 5.16. The molecule has 1 aromatic rings. The molecule has 1 saturated carbocycles. The number of hydrogen-bond donors (Lipinski definition) is 2. The fourth-order valence-electron chi connectivity index (χ4n) is 2.33. The Morgan fingerprint density at radius 1 is 1.29 bits per heavy atom. The summed E-state index contributed by atoms with van der Waals surface area (Å²) in [5, 5.41) is 5.34. The highest BCUT2D eigenvalue weighted by Crippen LogP contribution is 2.28. The minimum Gasteiger partial charge on any atom is -0.309 e. The van der Waals surface area contributed by atoms with Crippen LogP contribution in [0.25, 0.3) is 0 Å². The van der Waals surface area contributed by atoms with Gasteiger partial charge in [-0.05, 0) is 37.1 Å². The van der Waals surface area contributed by atoms with Crippen molar-refractivity contribution in [1.82, 2.24) is 10.0 Å². The number of nitrogens with one attached hydrogen (secondary N) is 2. The lowest BCUT2D eigenvalue weighted by Gasteiger charge is -2.09. The van der Waals surface area contributed by atoms with E-state index >= 15 is 0 Å². The number of unbranched alkanes of at least 4 members (excludes halogenated alkanes) is 3. The van der Waals surface area contributed by atoms with Crippen LogP contribution < -0.4 is 10.0 Å². The molecule has 0 unspecified atom stereocenters. The van der Waals surface area contributed by atoms with Gasteiger partial charge in [0.15, 0.2) is 0 Å². The first-order valence-electron chi connectivity index (χ1n) is 7.84. The number of sulfonamides is 1. The molecule has 0 aromatic carbocycles. The zero-order valence-electron chi connectivity index (χ0n) is 12.9. The monoisotopic (exact) mass is 330 g/mol. The van der Waals surface area contributed by atoms with Crippen molar-refractivity contribution < 1.29 is 8.42 Å². The quantitative estimate of drug-likeness (QED) is 0.648. The molecule has 1 fully saturated rings. The number of aryl methyl sites for hydroxylation is 1. The van der Waals surface area contributed by atoms with Crippen LogP contribution in [-0.4, -0.2) is 21.0 Å². The summed E-state index contributed by atoms with van der Waals surface area (Å²) in [6.45, 7) is 5.23. The molecule has 0 amide bonds. The Balaban J connectivity index is 1.95. The first-order chi connectivity index (χ1) is 10.0. The van der Waals surface area contributed by atoms with Crippen LogP contribution in [0, 0.1) is 6.92 Å². The zero-order valence-corrected chi connectivity index (χ0v) is 14.6. The second kappa shape index (κ2) is 7.72. The summed E-state index contributed by atoms with van der Waals surface area (Å²) in [4.78, 5) is 1.43. The van der Waals surface area contributed by atoms with E-state index in [1.54, 1.807) is 0 Å². The van der Waals surface area contributed by atoms with Gasteiger partial charge in [0.2, 0.25) is 10.0 Å². The lowest BCUT2D eigenvalue weighted by molar-refractivity contribution is 0.571. The molecule has 0 atom stereocenters. The average molecular weight is 331 g/mol. The minimum atomic E-state index is -3.37. The first-order valence-corrected chi connectivity index (χ1v) is 10.2. The maximum atomic E-state index is 12.5. The molecule has 120 valence electrons. The third-order valence-electron chi connectivity index (χ3n) is 3.71. The fraction of sp³-hybridized carbons (Fsp3) is 0.733. The Morgan fingerprint density at radius 3 is 2.71 bits per heavy atom. The largest absolute Gasteiger partial charge is 0.309 e. The van der Waals surface area contributed by atoms with Crippen LogP contribution in [-0.2, 0) is 16.6 Å². The molecule has 1 aliphatic carbocycles. The van der Waals surface area contributed by atoms with Gasteiger partial charge in [0, 0.05) is 24.0 Å². The molecule has 2 rings (SSSR count). The van der Waals surface area contributed by atoms with Crippen LogP contribution in [0.5, 0.6) is 0 Å². The van der Waals surface area contributed by atoms with Gasteiger partial charge in [-0.15, -0.1) is 11.3 Å². The molecule has 0 bridgehead atoms. The summed E-state index contributed by atoms with van der Waals surface area (Å²) in [7, 11) is -3.37. The van der Waals surface area contributed by atoms with E-state index < -0.39 is 10.0 Å². The van der Waals surface area contributed by atoms with Crippen molar-refractivity contribution in [3.05, 3.63) is 15.8 Å². The topological polar surface area (TPSA) is 58.2 Å². The van der Waals surface area contributed by atoms with Gasteiger partial charge in [0.1, 0.15) is 4.90 Å². The lowest BCUT2D eigenvalue weighted by Crippen LogP contribution is -2.27. The van der Waals surface area contributed by atoms with E-state index in [1.165, 1.54) is 24.2 Å². The molecule has 1 aliphatic rings. The minimum absolute atomic E-state index is 0.496. The second-order valence-electron chi connectivity index (χ2n) is 5.78. The average Bonchev–Trinajstić information content (AvgIpc) is 3.18. The number of thiophene rings is 1. The molecule has 2 N–H and O–H groups in total. The molecule has 0 spiro atoms. The van der Waals surface area contributed by atoms with Crippen molar-refractivity contribution in [2.75, 3.05) is 6.54 Å². The summed E-state index contributed by atoms with van der Waals surface area (Å²) >= 11 is 1.54. The Bertz CT molecular complexity index is 548. The Hall–Kier alpha value is -0.430. The predicted molar refractivity (Wildman–Crippen MR) is 88.2 cm³/mol. The van der Waals surface area contributed by atoms with E-state index in [2.05, 4.69) is 17.0 Å². The normalized spacial score (nSPS) is 15.5. The van der Waals surface area contributed by atoms with Crippen molar-refractivity contribution in [2.45, 2.75) is 69.9 Å². The van der Waals surface area contributed by atoms with Crippen molar-refractivity contribution in [3.8, 4) is 0 Å². The van der Waals surface area contributed by atoms with Gasteiger partial charge in [-0.3, -0.25) is 0 Å². The van der Waals surface area contributed by atoms with Gasteiger partial charge in [0.05, 0.1) is 0 Å². The van der Waals surface area contributed by atoms with Crippen molar-refractivity contribution in [2.24, 2.45) is 0 Å². The predicted octanol–water partition coefficient (Wildman–Crippen LogP) is 3.17. The van der Waals surface area contributed by atoms with Crippen LogP contribution >= 0.6 is 11.3 Å². The summed E-state index contributed by atoms with van der Waals surface area (Å²) in [5.41, 5.74) is 0.855. The van der Waals surface area contributed by atoms with Gasteiger partial charge in [0.25, 0.3) is 0 Å². The Labute approximate surface area is 132 Å². The van der Waals surface area contributed by atoms with Crippen LogP contribution in [0.2, 0.25) is 0 Å². The molecule has 0 saturated heterocycles. The van der Waals surface area contributed by atoms with Crippen molar-refractivity contribution in [1.29, 1.82) is 0 Å². The Morgan fingerprint density at radius 2 is 2.05 bits per heavy atom. The maximum absolute atomic E-state index is 12.5. The summed E-state index contributed by atoms with van der Waals surface area (Å²) in [6, 6.07) is 0.588. The summed E-state index contributed by atoms with van der Waals surface area (Å²) < 4.78 is 27.7. The van der Waals surface area contributed by atoms with Gasteiger partial charge < -0.3 is 5.32 Å². The standard InChI is InChI=1S/C15H26N2O2S2/c1-3-4-5-6-9-17-21(18,19)15-12(2)11-20-14(15)10-16-13-7-8-13/h11,13,16-17H,3-10H2,1-2H3. The number of rotatable bonds is 10. The lowest BCUT2D eigenvalue weighted by atomic mass is 10.2. The van der Waals surface area contributed by atoms with E-state index in [0.29, 0.717) is 24.0 Å². The first kappa shape index (κ1) is 16.9. The molecule has 21 heavy (non-hydrogen) atoms. The summed E-state index contributed by atoms with van der Waals surface area (Å²) in [6.07, 6.45) is 6.73. The van der Waals surface area contributed by atoms with E-state index in [0.717, 1.165) is 36.1 Å². The molecule has 0 radical (unpaired) electrons. The molecule has 1 aromatic heterocycles. The Kier molecular flexibility index (Phi) is 6.22. The van der Waals surface area contributed by atoms with Gasteiger partial charge in [-0.25, -0.2) is 13.1 Å². The highest BCUT2D eigenvalue weighted by Gasteiger charge is 2.25. The smallest absolute Gasteiger partial charge is 0.241 e. The molecule has 6 heteroatoms. The molecular formula is C15H26N2O2S2. The molecule has 4 nitrogen and oxygen atoms in total. The van der Waals surface area contributed by atoms with E-state index in [9.17, 15) is 8.42 Å². The molecular weight excluding hydrogens is 304 g/mol. The third kappa shape index (κ3) is 5.06. The van der Waals surface area contributed by atoms with Crippen molar-refractivity contribution in [3.63, 3.8) is 0 Å². The second-order valence-corrected chi connectivity index (χ2v) is 8.45. The van der Waals surface area contributed by atoms with Crippen LogP contribution in [0.4, 0.5) is 0 Å². The van der Waals surface area contributed by atoms with Gasteiger partial charge in [-0.2, -0.15) is 0 Å². The third-order valence-corrected chi connectivity index (χ3v) is 6.63. The molecule has 1 heterocycles. The van der Waals surface area contributed by atoms with Crippen LogP contribution in [0.3, 0.4) is 0 Å². The van der Waals surface area contributed by atoms with Crippen LogP contribution in [0.15, 0.2) is 10.3 Å². The van der Waals surface area contributed by atoms with E-state index in [-0.39, 0.29) is 0 Å². The zero-order chi connectivity index (χ0) is 15.3. The van der Waals surface area contributed by atoms with E-state index in [4.69, 9.17) is 0 Å². The SMILES string of the molecule is CCCCCCNS(=O)(=O)c1c(C)csc1CNC1CC1. The highest BCUT2D eigenvalue weighted by atomic mass is 32.2. The molecule has 0 aliphatic heterocycles. The van der Waals surface area contributed by atoms with Gasteiger partial charge in [-0.1, -0.05) is 26.2 Å². The van der Waals surface area contributed by atoms with Gasteiger partial charge >= 0.3 is 0 Å². The van der Waals surface area contributed by atoms with Crippen molar-refractivity contribution >= 4 is 21.4 Å². The van der Waals surface area contributed by atoms with Crippen LogP contribution in [0.1, 0.15) is 55.9 Å².